The highest BCUT2D eigenvalue weighted by molar-refractivity contribution is 6.01. The van der Waals surface area contributed by atoms with E-state index in [-0.39, 0.29) is 5.54 Å². The van der Waals surface area contributed by atoms with Crippen LogP contribution in [0.5, 0.6) is 0 Å². The number of hydrogen-bond acceptors (Lipinski definition) is 2. The van der Waals surface area contributed by atoms with Crippen molar-refractivity contribution in [1.82, 2.24) is 4.90 Å². The van der Waals surface area contributed by atoms with Gasteiger partial charge in [0.25, 0.3) is 0 Å². The fourth-order valence-electron chi connectivity index (χ4n) is 2.09. The number of likely N-dealkylation sites (tertiary alicyclic amines) is 1. The largest absolute Gasteiger partial charge is 0.352 e. The summed E-state index contributed by atoms with van der Waals surface area (Å²) < 4.78 is 0. The Balaban J connectivity index is 2.25. The Morgan fingerprint density at radius 2 is 2.15 bits per heavy atom. The summed E-state index contributed by atoms with van der Waals surface area (Å²) in [5.41, 5.74) is 1.70. The third-order valence-electron chi connectivity index (χ3n) is 2.76. The molecule has 2 aliphatic heterocycles. The summed E-state index contributed by atoms with van der Waals surface area (Å²) in [6.07, 6.45) is 4.78. The van der Waals surface area contributed by atoms with Crippen LogP contribution >= 0.6 is 0 Å². The number of fused-ring (bicyclic) bond motifs is 1. The molecule has 0 spiro atoms. The molecule has 0 aromatic rings. The number of hydrogen-bond donors (Lipinski definition) is 0. The number of piperidine rings is 1. The number of aliphatic imine (C=N–C) groups is 1. The van der Waals surface area contributed by atoms with Crippen LogP contribution in [-0.2, 0) is 0 Å². The van der Waals surface area contributed by atoms with Crippen LogP contribution in [0, 0.1) is 0 Å². The summed E-state index contributed by atoms with van der Waals surface area (Å²) in [4.78, 5) is 7.00. The second-order valence-corrected chi connectivity index (χ2v) is 4.82. The summed E-state index contributed by atoms with van der Waals surface area (Å²) >= 11 is 0. The first-order chi connectivity index (χ1) is 6.09. The van der Waals surface area contributed by atoms with Gasteiger partial charge in [-0.05, 0) is 39.2 Å². The van der Waals surface area contributed by atoms with Gasteiger partial charge < -0.3 is 4.90 Å². The number of amidine groups is 1. The van der Waals surface area contributed by atoms with Gasteiger partial charge >= 0.3 is 0 Å². The quantitative estimate of drug-likeness (QED) is 0.555. The van der Waals surface area contributed by atoms with Crippen LogP contribution < -0.4 is 0 Å². The molecule has 2 rings (SSSR count). The topological polar surface area (TPSA) is 15.6 Å². The molecule has 0 unspecified atom stereocenters. The molecular formula is C11H18N2. The first-order valence-electron chi connectivity index (χ1n) is 5.10. The molecule has 0 radical (unpaired) electrons. The molecule has 0 amide bonds. The predicted molar refractivity (Wildman–Crippen MR) is 56.1 cm³/mol. The van der Waals surface area contributed by atoms with E-state index >= 15 is 0 Å². The van der Waals surface area contributed by atoms with Crippen molar-refractivity contribution < 1.29 is 0 Å². The number of rotatable bonds is 0. The zero-order chi connectivity index (χ0) is 9.47. The van der Waals surface area contributed by atoms with Gasteiger partial charge in [-0.1, -0.05) is 6.08 Å². The Morgan fingerprint density at radius 1 is 1.38 bits per heavy atom. The van der Waals surface area contributed by atoms with Gasteiger partial charge in [0.2, 0.25) is 0 Å². The van der Waals surface area contributed by atoms with Crippen LogP contribution in [0.15, 0.2) is 16.6 Å². The molecule has 0 aliphatic carbocycles. The van der Waals surface area contributed by atoms with Crippen molar-refractivity contribution in [3.63, 3.8) is 0 Å². The Morgan fingerprint density at radius 3 is 2.85 bits per heavy atom. The van der Waals surface area contributed by atoms with Gasteiger partial charge in [-0.2, -0.15) is 0 Å². The van der Waals surface area contributed by atoms with Gasteiger partial charge in [-0.25, -0.2) is 0 Å². The molecular weight excluding hydrogens is 160 g/mol. The molecule has 0 aromatic heterocycles. The Bertz CT molecular complexity index is 268. The van der Waals surface area contributed by atoms with Gasteiger partial charge in [-0.15, -0.1) is 0 Å². The average molecular weight is 178 g/mol. The minimum absolute atomic E-state index is 0.225. The zero-order valence-corrected chi connectivity index (χ0v) is 8.80. The molecule has 72 valence electrons. The zero-order valence-electron chi connectivity index (χ0n) is 8.80. The van der Waals surface area contributed by atoms with Gasteiger partial charge in [0.05, 0.1) is 6.54 Å². The normalized spacial score (nSPS) is 22.5. The SMILES string of the molecule is CC(C)(C)N1CCCC2=CCN=C21. The molecule has 2 heteroatoms. The van der Waals surface area contributed by atoms with Gasteiger partial charge in [0.15, 0.2) is 0 Å². The van der Waals surface area contributed by atoms with Crippen molar-refractivity contribution in [3.8, 4) is 0 Å². The smallest absolute Gasteiger partial charge is 0.127 e. The van der Waals surface area contributed by atoms with Crippen LogP contribution in [0.25, 0.3) is 0 Å². The van der Waals surface area contributed by atoms with Crippen molar-refractivity contribution in [1.29, 1.82) is 0 Å². The standard InChI is InChI=1S/C11H18N2/c1-11(2,3)13-8-4-5-9-6-7-12-10(9)13/h6H,4-5,7-8H2,1-3H3. The third kappa shape index (κ3) is 1.50. The molecule has 13 heavy (non-hydrogen) atoms. The van der Waals surface area contributed by atoms with Crippen LogP contribution in [0.1, 0.15) is 33.6 Å². The monoisotopic (exact) mass is 178 g/mol. The van der Waals surface area contributed by atoms with E-state index in [0.29, 0.717) is 0 Å². The average Bonchev–Trinajstić information content (AvgIpc) is 2.48. The third-order valence-corrected chi connectivity index (χ3v) is 2.76. The maximum atomic E-state index is 4.56. The fraction of sp³-hybridized carbons (Fsp3) is 0.727. The van der Waals surface area contributed by atoms with E-state index in [9.17, 15) is 0 Å². The molecule has 0 aromatic carbocycles. The van der Waals surface area contributed by atoms with Crippen LogP contribution in [-0.4, -0.2) is 29.4 Å². The minimum atomic E-state index is 0.225. The lowest BCUT2D eigenvalue weighted by Crippen LogP contribution is -2.48. The molecule has 2 aliphatic rings. The lowest BCUT2D eigenvalue weighted by Gasteiger charge is -2.41. The second-order valence-electron chi connectivity index (χ2n) is 4.82. The lowest BCUT2D eigenvalue weighted by molar-refractivity contribution is 0.226. The molecule has 1 fully saturated rings. The predicted octanol–water partition coefficient (Wildman–Crippen LogP) is 2.22. The Labute approximate surface area is 80.3 Å². The van der Waals surface area contributed by atoms with Crippen molar-refractivity contribution in [2.75, 3.05) is 13.1 Å². The maximum Gasteiger partial charge on any atom is 0.127 e. The highest BCUT2D eigenvalue weighted by atomic mass is 15.2. The van der Waals surface area contributed by atoms with Crippen molar-refractivity contribution in [2.24, 2.45) is 4.99 Å². The van der Waals surface area contributed by atoms with Gasteiger partial charge in [0.1, 0.15) is 5.84 Å². The van der Waals surface area contributed by atoms with E-state index in [2.05, 4.69) is 36.7 Å². The first kappa shape index (κ1) is 8.79. The highest BCUT2D eigenvalue weighted by Gasteiger charge is 2.30. The lowest BCUT2D eigenvalue weighted by atomic mass is 9.97. The van der Waals surface area contributed by atoms with Gasteiger partial charge in [-0.3, -0.25) is 4.99 Å². The highest BCUT2D eigenvalue weighted by Crippen LogP contribution is 2.27. The molecule has 0 bridgehead atoms. The van der Waals surface area contributed by atoms with Crippen molar-refractivity contribution in [2.45, 2.75) is 39.2 Å². The van der Waals surface area contributed by atoms with E-state index in [1.807, 2.05) is 0 Å². The van der Waals surface area contributed by atoms with Crippen LogP contribution in [0.2, 0.25) is 0 Å². The van der Waals surface area contributed by atoms with E-state index < -0.39 is 0 Å². The summed E-state index contributed by atoms with van der Waals surface area (Å²) in [7, 11) is 0. The maximum absolute atomic E-state index is 4.56. The molecule has 1 saturated heterocycles. The minimum Gasteiger partial charge on any atom is -0.352 e. The van der Waals surface area contributed by atoms with Crippen LogP contribution in [0.4, 0.5) is 0 Å². The Kier molecular flexibility index (Phi) is 1.94. The molecule has 0 atom stereocenters. The summed E-state index contributed by atoms with van der Waals surface area (Å²) in [6, 6.07) is 0. The summed E-state index contributed by atoms with van der Waals surface area (Å²) in [5.74, 6) is 1.26. The van der Waals surface area contributed by atoms with Crippen LogP contribution in [0.3, 0.4) is 0 Å². The first-order valence-corrected chi connectivity index (χ1v) is 5.10. The number of nitrogens with zero attached hydrogens (tertiary/aromatic N) is 2. The molecule has 2 nitrogen and oxygen atoms in total. The van der Waals surface area contributed by atoms with E-state index in [4.69, 9.17) is 0 Å². The fourth-order valence-corrected chi connectivity index (χ4v) is 2.09. The molecule has 0 N–H and O–H groups in total. The second kappa shape index (κ2) is 2.86. The molecule has 2 heterocycles. The summed E-state index contributed by atoms with van der Waals surface area (Å²) in [6.45, 7) is 8.85. The van der Waals surface area contributed by atoms with E-state index in [1.54, 1.807) is 0 Å². The molecule has 0 saturated carbocycles. The Hall–Kier alpha value is -0.790. The van der Waals surface area contributed by atoms with Gasteiger partial charge in [0, 0.05) is 12.1 Å². The van der Waals surface area contributed by atoms with Crippen molar-refractivity contribution in [3.05, 3.63) is 11.6 Å². The van der Waals surface area contributed by atoms with E-state index in [1.165, 1.54) is 30.8 Å². The van der Waals surface area contributed by atoms with Crippen molar-refractivity contribution >= 4 is 5.84 Å². The summed E-state index contributed by atoms with van der Waals surface area (Å²) in [5, 5.41) is 0. The van der Waals surface area contributed by atoms with E-state index in [0.717, 1.165) is 6.54 Å².